The predicted molar refractivity (Wildman–Crippen MR) is 90.7 cm³/mol. The SMILES string of the molecule is COc1ccc(NC(=O)c2[nH]c3c(c2C)C(=O)CC(C)(C)C3)cn1. The lowest BCUT2D eigenvalue weighted by Gasteiger charge is -2.28. The maximum atomic E-state index is 12.6. The lowest BCUT2D eigenvalue weighted by molar-refractivity contribution is 0.0910. The largest absolute Gasteiger partial charge is 0.481 e. The summed E-state index contributed by atoms with van der Waals surface area (Å²) in [4.78, 5) is 32.2. The summed E-state index contributed by atoms with van der Waals surface area (Å²) in [5, 5.41) is 2.80. The topological polar surface area (TPSA) is 84.1 Å². The van der Waals surface area contributed by atoms with Gasteiger partial charge in [-0.05, 0) is 30.4 Å². The number of nitrogens with zero attached hydrogens (tertiary/aromatic N) is 1. The number of methoxy groups -OCH3 is 1. The Morgan fingerprint density at radius 3 is 2.71 bits per heavy atom. The van der Waals surface area contributed by atoms with E-state index in [9.17, 15) is 9.59 Å². The number of H-pyrrole nitrogens is 1. The molecule has 6 heteroatoms. The number of carbonyl (C=O) groups is 2. The van der Waals surface area contributed by atoms with Crippen molar-refractivity contribution in [3.63, 3.8) is 0 Å². The molecule has 24 heavy (non-hydrogen) atoms. The van der Waals surface area contributed by atoms with Gasteiger partial charge in [0, 0.05) is 23.7 Å². The van der Waals surface area contributed by atoms with Crippen LogP contribution in [-0.2, 0) is 6.42 Å². The fraction of sp³-hybridized carbons (Fsp3) is 0.389. The van der Waals surface area contributed by atoms with Crippen LogP contribution < -0.4 is 10.1 Å². The number of ether oxygens (including phenoxy) is 1. The van der Waals surface area contributed by atoms with E-state index < -0.39 is 0 Å². The number of rotatable bonds is 3. The molecule has 1 aliphatic rings. The predicted octanol–water partition coefficient (Wildman–Crippen LogP) is 3.13. The van der Waals surface area contributed by atoms with Crippen molar-refractivity contribution >= 4 is 17.4 Å². The zero-order valence-electron chi connectivity index (χ0n) is 14.3. The van der Waals surface area contributed by atoms with Gasteiger partial charge in [0.1, 0.15) is 5.69 Å². The molecular weight excluding hydrogens is 306 g/mol. The third-order valence-electron chi connectivity index (χ3n) is 4.33. The summed E-state index contributed by atoms with van der Waals surface area (Å²) in [6.45, 7) is 5.94. The summed E-state index contributed by atoms with van der Waals surface area (Å²) in [7, 11) is 1.53. The molecule has 0 radical (unpaired) electrons. The number of carbonyl (C=O) groups excluding carboxylic acids is 2. The molecule has 0 fully saturated rings. The highest BCUT2D eigenvalue weighted by Crippen LogP contribution is 2.36. The molecule has 1 aliphatic carbocycles. The third-order valence-corrected chi connectivity index (χ3v) is 4.33. The van der Waals surface area contributed by atoms with E-state index in [4.69, 9.17) is 4.74 Å². The van der Waals surface area contributed by atoms with E-state index in [-0.39, 0.29) is 17.1 Å². The number of fused-ring (bicyclic) bond motifs is 1. The molecule has 0 aliphatic heterocycles. The molecule has 0 atom stereocenters. The number of amides is 1. The normalized spacial score (nSPS) is 15.8. The van der Waals surface area contributed by atoms with Crippen LogP contribution in [0, 0.1) is 12.3 Å². The van der Waals surface area contributed by atoms with Crippen molar-refractivity contribution < 1.29 is 14.3 Å². The average molecular weight is 327 g/mol. The Kier molecular flexibility index (Phi) is 3.91. The Morgan fingerprint density at radius 1 is 1.33 bits per heavy atom. The quantitative estimate of drug-likeness (QED) is 0.907. The van der Waals surface area contributed by atoms with Gasteiger partial charge >= 0.3 is 0 Å². The van der Waals surface area contributed by atoms with Crippen LogP contribution in [0.5, 0.6) is 5.88 Å². The Morgan fingerprint density at radius 2 is 2.08 bits per heavy atom. The summed E-state index contributed by atoms with van der Waals surface area (Å²) in [5.41, 5.74) is 3.15. The molecule has 2 heterocycles. The zero-order chi connectivity index (χ0) is 17.5. The van der Waals surface area contributed by atoms with Gasteiger partial charge in [-0.2, -0.15) is 0 Å². The van der Waals surface area contributed by atoms with Gasteiger partial charge in [-0.25, -0.2) is 4.98 Å². The summed E-state index contributed by atoms with van der Waals surface area (Å²) in [6, 6.07) is 3.39. The number of aromatic amines is 1. The fourth-order valence-electron chi connectivity index (χ4n) is 3.23. The van der Waals surface area contributed by atoms with Crippen molar-refractivity contribution in [3.05, 3.63) is 40.8 Å². The van der Waals surface area contributed by atoms with Crippen LogP contribution in [-0.4, -0.2) is 28.8 Å². The number of nitrogens with one attached hydrogen (secondary N) is 2. The first-order valence-electron chi connectivity index (χ1n) is 7.87. The highest BCUT2D eigenvalue weighted by atomic mass is 16.5. The van der Waals surface area contributed by atoms with Crippen LogP contribution in [0.1, 0.15) is 52.4 Å². The molecule has 126 valence electrons. The summed E-state index contributed by atoms with van der Waals surface area (Å²) < 4.78 is 5.00. The van der Waals surface area contributed by atoms with E-state index in [1.54, 1.807) is 12.1 Å². The van der Waals surface area contributed by atoms with Gasteiger partial charge in [0.05, 0.1) is 19.0 Å². The van der Waals surface area contributed by atoms with Gasteiger partial charge in [-0.3, -0.25) is 9.59 Å². The molecule has 0 saturated carbocycles. The Balaban J connectivity index is 1.87. The second kappa shape index (κ2) is 5.78. The Hall–Kier alpha value is -2.63. The number of anilines is 1. The first-order valence-corrected chi connectivity index (χ1v) is 7.87. The van der Waals surface area contributed by atoms with Crippen molar-refractivity contribution in [2.45, 2.75) is 33.6 Å². The molecule has 2 N–H and O–H groups in total. The maximum Gasteiger partial charge on any atom is 0.272 e. The first-order chi connectivity index (χ1) is 11.3. The van der Waals surface area contributed by atoms with Crippen molar-refractivity contribution in [1.82, 2.24) is 9.97 Å². The lowest BCUT2D eigenvalue weighted by atomic mass is 9.75. The van der Waals surface area contributed by atoms with Crippen LogP contribution in [0.15, 0.2) is 18.3 Å². The van der Waals surface area contributed by atoms with E-state index in [2.05, 4.69) is 29.1 Å². The number of hydrogen-bond acceptors (Lipinski definition) is 4. The van der Waals surface area contributed by atoms with Gasteiger partial charge in [0.2, 0.25) is 5.88 Å². The van der Waals surface area contributed by atoms with Crippen LogP contribution in [0.2, 0.25) is 0 Å². The molecule has 0 unspecified atom stereocenters. The van der Waals surface area contributed by atoms with Crippen molar-refractivity contribution in [1.29, 1.82) is 0 Å². The number of ketones is 1. The smallest absolute Gasteiger partial charge is 0.272 e. The van der Waals surface area contributed by atoms with Crippen LogP contribution in [0.25, 0.3) is 0 Å². The second-order valence-corrected chi connectivity index (χ2v) is 6.96. The highest BCUT2D eigenvalue weighted by molar-refractivity contribution is 6.08. The van der Waals surface area contributed by atoms with E-state index in [0.717, 1.165) is 12.1 Å². The lowest BCUT2D eigenvalue weighted by Crippen LogP contribution is -2.26. The minimum absolute atomic E-state index is 0.0883. The molecule has 6 nitrogen and oxygen atoms in total. The van der Waals surface area contributed by atoms with Crippen molar-refractivity contribution in [2.75, 3.05) is 12.4 Å². The number of Topliss-reactive ketones (excluding diaryl/α,β-unsaturated/α-hetero) is 1. The van der Waals surface area contributed by atoms with Gasteiger partial charge in [0.15, 0.2) is 5.78 Å². The van der Waals surface area contributed by atoms with Crippen LogP contribution in [0.4, 0.5) is 5.69 Å². The van der Waals surface area contributed by atoms with Crippen molar-refractivity contribution in [2.24, 2.45) is 5.41 Å². The first kappa shape index (κ1) is 16.2. The van der Waals surface area contributed by atoms with Crippen LogP contribution >= 0.6 is 0 Å². The maximum absolute atomic E-state index is 12.6. The monoisotopic (exact) mass is 327 g/mol. The molecular formula is C18H21N3O3. The molecule has 1 amide bonds. The Bertz CT molecular complexity index is 804. The summed E-state index contributed by atoms with van der Waals surface area (Å²) in [6.07, 6.45) is 2.79. The standard InChI is InChI=1S/C18H21N3O3/c1-10-15-12(7-18(2,3)8-13(15)22)21-16(10)17(23)20-11-5-6-14(24-4)19-9-11/h5-6,9,21H,7-8H2,1-4H3,(H,20,23). The van der Waals surface area contributed by atoms with Gasteiger partial charge in [0.25, 0.3) is 5.91 Å². The summed E-state index contributed by atoms with van der Waals surface area (Å²) in [5.74, 6) is 0.298. The third kappa shape index (κ3) is 2.91. The molecule has 0 aromatic carbocycles. The molecule has 0 saturated heterocycles. The fourth-order valence-corrected chi connectivity index (χ4v) is 3.23. The van der Waals surface area contributed by atoms with Gasteiger partial charge in [-0.1, -0.05) is 13.8 Å². The number of hydrogen-bond donors (Lipinski definition) is 2. The van der Waals surface area contributed by atoms with Crippen molar-refractivity contribution in [3.8, 4) is 5.88 Å². The van der Waals surface area contributed by atoms with Gasteiger partial charge in [-0.15, -0.1) is 0 Å². The van der Waals surface area contributed by atoms with Gasteiger partial charge < -0.3 is 15.0 Å². The zero-order valence-corrected chi connectivity index (χ0v) is 14.3. The van der Waals surface area contributed by atoms with E-state index in [1.165, 1.54) is 13.3 Å². The summed E-state index contributed by atoms with van der Waals surface area (Å²) >= 11 is 0. The molecule has 2 aromatic rings. The number of aromatic nitrogens is 2. The molecule has 0 bridgehead atoms. The van der Waals surface area contributed by atoms with E-state index in [1.807, 2.05) is 6.92 Å². The molecule has 2 aromatic heterocycles. The van der Waals surface area contributed by atoms with E-state index in [0.29, 0.717) is 34.8 Å². The second-order valence-electron chi connectivity index (χ2n) is 6.96. The molecule has 0 spiro atoms. The Labute approximate surface area is 140 Å². The highest BCUT2D eigenvalue weighted by Gasteiger charge is 2.35. The molecule has 3 rings (SSSR count). The average Bonchev–Trinajstić information content (AvgIpc) is 2.83. The van der Waals surface area contributed by atoms with E-state index >= 15 is 0 Å². The minimum Gasteiger partial charge on any atom is -0.481 e. The van der Waals surface area contributed by atoms with Crippen LogP contribution in [0.3, 0.4) is 0 Å². The minimum atomic E-state index is -0.278. The number of pyridine rings is 1.